The highest BCUT2D eigenvalue weighted by Gasteiger charge is 2.16. The Balaban J connectivity index is 0.000000804. The Kier molecular flexibility index (Phi) is 12.4. The zero-order chi connectivity index (χ0) is 22.2. The van der Waals surface area contributed by atoms with E-state index in [2.05, 4.69) is 32.1 Å². The smallest absolute Gasteiger partial charge is 0.163 e. The fourth-order valence-electron chi connectivity index (χ4n) is 2.50. The van der Waals surface area contributed by atoms with E-state index in [1.807, 2.05) is 64.4 Å². The van der Waals surface area contributed by atoms with Crippen LogP contribution in [0, 0.1) is 0 Å². The molecule has 0 spiro atoms. The number of aliphatic hydroxyl groups excluding tert-OH is 1. The van der Waals surface area contributed by atoms with Crippen LogP contribution in [0.2, 0.25) is 0 Å². The molecule has 1 aliphatic heterocycles. The van der Waals surface area contributed by atoms with Gasteiger partial charge in [-0.25, -0.2) is 9.97 Å². The van der Waals surface area contributed by atoms with Crippen LogP contribution in [0.1, 0.15) is 26.6 Å². The number of aliphatic hydroxyl groups is 1. The summed E-state index contributed by atoms with van der Waals surface area (Å²) >= 11 is 0. The molecule has 1 aliphatic rings. The number of nitrogens with zero attached hydrogens (tertiary/aromatic N) is 3. The summed E-state index contributed by atoms with van der Waals surface area (Å²) < 4.78 is 5.42. The summed E-state index contributed by atoms with van der Waals surface area (Å²) in [4.78, 5) is 11.5. The van der Waals surface area contributed by atoms with Crippen molar-refractivity contribution in [2.75, 3.05) is 50.1 Å². The van der Waals surface area contributed by atoms with Crippen LogP contribution in [0.25, 0.3) is 5.57 Å². The van der Waals surface area contributed by atoms with Crippen molar-refractivity contribution in [1.82, 2.24) is 15.3 Å². The van der Waals surface area contributed by atoms with E-state index in [4.69, 9.17) is 4.74 Å². The number of hydrogen-bond donors (Lipinski definition) is 3. The molecule has 2 rings (SSSR count). The zero-order valence-electron chi connectivity index (χ0n) is 18.6. The molecular formula is C23H35N5O2. The molecule has 30 heavy (non-hydrogen) atoms. The molecule has 3 N–H and O–H groups in total. The fraction of sp³-hybridized carbons (Fsp3) is 0.391. The predicted octanol–water partition coefficient (Wildman–Crippen LogP) is 4.07. The van der Waals surface area contributed by atoms with Crippen molar-refractivity contribution in [3.63, 3.8) is 0 Å². The van der Waals surface area contributed by atoms with E-state index in [-0.39, 0.29) is 0 Å². The summed E-state index contributed by atoms with van der Waals surface area (Å²) in [5, 5.41) is 15.3. The van der Waals surface area contributed by atoms with Crippen LogP contribution in [0.3, 0.4) is 0 Å². The summed E-state index contributed by atoms with van der Waals surface area (Å²) in [6, 6.07) is 1.94. The van der Waals surface area contributed by atoms with Gasteiger partial charge in [0, 0.05) is 38.3 Å². The second-order valence-electron chi connectivity index (χ2n) is 6.60. The molecule has 1 saturated heterocycles. The minimum absolute atomic E-state index is 0.552. The first-order chi connectivity index (χ1) is 14.5. The molecule has 1 aromatic heterocycles. The first kappa shape index (κ1) is 25.0. The molecule has 0 aliphatic carbocycles. The third kappa shape index (κ3) is 9.43. The third-order valence-corrected chi connectivity index (χ3v) is 3.93. The number of nitrogens with one attached hydrogen (secondary N) is 2. The van der Waals surface area contributed by atoms with Crippen molar-refractivity contribution < 1.29 is 9.84 Å². The summed E-state index contributed by atoms with van der Waals surface area (Å²) in [5.74, 6) is 2.12. The number of ether oxygens (including phenoxy) is 1. The van der Waals surface area contributed by atoms with Crippen LogP contribution in [0.4, 0.5) is 11.6 Å². The van der Waals surface area contributed by atoms with Crippen molar-refractivity contribution >= 4 is 17.2 Å². The Labute approximate surface area is 180 Å². The third-order valence-electron chi connectivity index (χ3n) is 3.93. The van der Waals surface area contributed by atoms with Crippen molar-refractivity contribution in [1.29, 1.82) is 0 Å². The van der Waals surface area contributed by atoms with Gasteiger partial charge in [0.05, 0.1) is 19.5 Å². The molecule has 164 valence electrons. The van der Waals surface area contributed by atoms with E-state index >= 15 is 0 Å². The molecule has 7 heteroatoms. The maximum atomic E-state index is 9.21. The van der Waals surface area contributed by atoms with Crippen LogP contribution < -0.4 is 15.5 Å². The first-order valence-electron chi connectivity index (χ1n) is 10.1. The first-order valence-corrected chi connectivity index (χ1v) is 10.1. The van der Waals surface area contributed by atoms with Crippen LogP contribution in [0.5, 0.6) is 0 Å². The highest BCUT2D eigenvalue weighted by Crippen LogP contribution is 2.22. The van der Waals surface area contributed by atoms with Crippen LogP contribution in [-0.2, 0) is 4.74 Å². The minimum Gasteiger partial charge on any atom is -0.516 e. The maximum Gasteiger partial charge on any atom is 0.163 e. The summed E-state index contributed by atoms with van der Waals surface area (Å²) in [5.41, 5.74) is 1.75. The molecule has 0 unspecified atom stereocenters. The zero-order valence-corrected chi connectivity index (χ0v) is 18.6. The monoisotopic (exact) mass is 413 g/mol. The lowest BCUT2D eigenvalue weighted by atomic mass is 10.2. The van der Waals surface area contributed by atoms with Crippen LogP contribution in [-0.4, -0.2) is 55.0 Å². The van der Waals surface area contributed by atoms with Gasteiger partial charge in [0.1, 0.15) is 11.6 Å². The predicted molar refractivity (Wildman–Crippen MR) is 127 cm³/mol. The molecule has 0 saturated carbocycles. The normalized spacial score (nSPS) is 14.8. The van der Waals surface area contributed by atoms with Crippen LogP contribution >= 0.6 is 0 Å². The Morgan fingerprint density at radius 1 is 1.27 bits per heavy atom. The summed E-state index contributed by atoms with van der Waals surface area (Å²) in [6.07, 6.45) is 12.1. The Bertz CT molecular complexity index is 763. The summed E-state index contributed by atoms with van der Waals surface area (Å²) in [7, 11) is 1.88. The SMILES string of the molecule is C/C=C\NC.C=C(C)CNc1cc(N2CCOCC2)nc(C(/C=C/O)=C/C=C\C)n1. The van der Waals surface area contributed by atoms with E-state index in [9.17, 15) is 5.11 Å². The highest BCUT2D eigenvalue weighted by atomic mass is 16.5. The average molecular weight is 414 g/mol. The molecule has 0 atom stereocenters. The Morgan fingerprint density at radius 2 is 2.00 bits per heavy atom. The van der Waals surface area contributed by atoms with Crippen LogP contribution in [0.15, 0.2) is 61.1 Å². The number of morpholine rings is 1. The standard InChI is InChI=1S/C19H26N4O2.C4H9N/c1-4-5-6-16(7-10-24)19-21-17(20-14-15(2)3)13-18(22-19)23-8-11-25-12-9-23;1-3-4-5-2/h4-7,10,13,24H,2,8-9,11-12,14H2,1,3H3,(H,20,21,22);3-5H,1-2H3/b5-4-,10-7+,16-6+;4-3-. The van der Waals surface area contributed by atoms with Gasteiger partial charge in [-0.1, -0.05) is 36.5 Å². The maximum absolute atomic E-state index is 9.21. The molecule has 0 radical (unpaired) electrons. The lowest BCUT2D eigenvalue weighted by Crippen LogP contribution is -2.37. The van der Waals surface area contributed by atoms with Gasteiger partial charge in [-0.2, -0.15) is 0 Å². The molecule has 0 aromatic carbocycles. The second kappa shape index (κ2) is 14.9. The van der Waals surface area contributed by atoms with E-state index in [0.29, 0.717) is 25.6 Å². The summed E-state index contributed by atoms with van der Waals surface area (Å²) in [6.45, 7) is 13.4. The lowest BCUT2D eigenvalue weighted by molar-refractivity contribution is 0.122. The molecule has 1 fully saturated rings. The van der Waals surface area contributed by atoms with Gasteiger partial charge in [-0.15, -0.1) is 0 Å². The molecular weight excluding hydrogens is 378 g/mol. The van der Waals surface area contributed by atoms with E-state index < -0.39 is 0 Å². The topological polar surface area (TPSA) is 82.5 Å². The second-order valence-corrected chi connectivity index (χ2v) is 6.60. The molecule has 7 nitrogen and oxygen atoms in total. The quantitative estimate of drug-likeness (QED) is 0.337. The van der Waals surface area contributed by atoms with Gasteiger partial charge in [0.15, 0.2) is 5.82 Å². The Hall–Kier alpha value is -3.06. The van der Waals surface area contributed by atoms with Crippen molar-refractivity contribution in [2.45, 2.75) is 20.8 Å². The number of aromatic nitrogens is 2. The molecule has 0 bridgehead atoms. The molecule has 0 amide bonds. The number of anilines is 2. The number of hydrogen-bond acceptors (Lipinski definition) is 7. The van der Waals surface area contributed by atoms with Gasteiger partial charge in [-0.05, 0) is 33.0 Å². The van der Waals surface area contributed by atoms with Gasteiger partial charge in [0.2, 0.25) is 0 Å². The van der Waals surface area contributed by atoms with Crippen molar-refractivity contribution in [3.8, 4) is 0 Å². The average Bonchev–Trinajstić information content (AvgIpc) is 2.76. The lowest BCUT2D eigenvalue weighted by Gasteiger charge is -2.28. The van der Waals surface area contributed by atoms with Crippen molar-refractivity contribution in [2.24, 2.45) is 0 Å². The van der Waals surface area contributed by atoms with Gasteiger partial charge in [-0.3, -0.25) is 0 Å². The Morgan fingerprint density at radius 3 is 2.53 bits per heavy atom. The number of rotatable bonds is 8. The fourth-order valence-corrected chi connectivity index (χ4v) is 2.50. The van der Waals surface area contributed by atoms with Gasteiger partial charge >= 0.3 is 0 Å². The minimum atomic E-state index is 0.552. The van der Waals surface area contributed by atoms with E-state index in [1.165, 1.54) is 0 Å². The number of allylic oxidation sites excluding steroid dienone is 6. The largest absolute Gasteiger partial charge is 0.516 e. The van der Waals surface area contributed by atoms with Gasteiger partial charge < -0.3 is 25.4 Å². The van der Waals surface area contributed by atoms with Crippen molar-refractivity contribution in [3.05, 3.63) is 66.9 Å². The molecule has 2 heterocycles. The molecule has 1 aromatic rings. The van der Waals surface area contributed by atoms with E-state index in [0.717, 1.165) is 42.1 Å². The van der Waals surface area contributed by atoms with Gasteiger partial charge in [0.25, 0.3) is 0 Å². The highest BCUT2D eigenvalue weighted by molar-refractivity contribution is 5.72. The van der Waals surface area contributed by atoms with E-state index in [1.54, 1.807) is 6.08 Å².